The molecule has 0 heterocycles. The van der Waals surface area contributed by atoms with Crippen LogP contribution in [0.25, 0.3) is 0 Å². The predicted molar refractivity (Wildman–Crippen MR) is 101 cm³/mol. The number of rotatable bonds is 1. The summed E-state index contributed by atoms with van der Waals surface area (Å²) in [6.45, 7) is 9.32. The molecule has 1 unspecified atom stereocenters. The standard InChI is InChI=1S/C22H33ClO2/c1-13(2)17-7-8-18-16-6-5-14-11-15(24)9-10-20(14,3)19(16)22(23,25)12-21(17,18)4/h11,13,16-19,25H,5-10,12H2,1-4H3/t16-,17+,18-,19-,20-,21+,22?/m0/s1. The van der Waals surface area contributed by atoms with Crippen molar-refractivity contribution in [3.8, 4) is 0 Å². The van der Waals surface area contributed by atoms with Crippen molar-refractivity contribution in [1.82, 2.24) is 0 Å². The fourth-order valence-electron chi connectivity index (χ4n) is 7.90. The average Bonchev–Trinajstić information content (AvgIpc) is 2.83. The van der Waals surface area contributed by atoms with Gasteiger partial charge in [-0.15, -0.1) is 0 Å². The van der Waals surface area contributed by atoms with Crippen LogP contribution in [0.5, 0.6) is 0 Å². The third-order valence-electron chi connectivity index (χ3n) is 8.73. The van der Waals surface area contributed by atoms with Crippen LogP contribution in [-0.2, 0) is 4.79 Å². The van der Waals surface area contributed by atoms with Crippen molar-refractivity contribution in [1.29, 1.82) is 0 Å². The van der Waals surface area contributed by atoms with Crippen LogP contribution < -0.4 is 0 Å². The van der Waals surface area contributed by atoms with E-state index in [2.05, 4.69) is 27.7 Å². The Balaban J connectivity index is 1.77. The van der Waals surface area contributed by atoms with Crippen molar-refractivity contribution in [2.75, 3.05) is 0 Å². The van der Waals surface area contributed by atoms with E-state index in [1.54, 1.807) is 0 Å². The lowest BCUT2D eigenvalue weighted by atomic mass is 9.45. The van der Waals surface area contributed by atoms with E-state index in [1.807, 2.05) is 6.08 Å². The van der Waals surface area contributed by atoms with Crippen molar-refractivity contribution < 1.29 is 9.90 Å². The zero-order valence-electron chi connectivity index (χ0n) is 16.1. The second-order valence-electron chi connectivity index (χ2n) is 10.3. The van der Waals surface area contributed by atoms with Gasteiger partial charge in [0.05, 0.1) is 0 Å². The maximum absolute atomic E-state index is 12.0. The Morgan fingerprint density at radius 2 is 1.92 bits per heavy atom. The molecule has 0 aliphatic heterocycles. The van der Waals surface area contributed by atoms with Crippen molar-refractivity contribution in [3.05, 3.63) is 11.6 Å². The maximum atomic E-state index is 12.0. The molecule has 1 N–H and O–H groups in total. The lowest BCUT2D eigenvalue weighted by Gasteiger charge is -2.62. The maximum Gasteiger partial charge on any atom is 0.155 e. The van der Waals surface area contributed by atoms with Crippen LogP contribution in [0.4, 0.5) is 0 Å². The number of carbonyl (C=O) groups excluding carboxylic acids is 1. The number of fused-ring (bicyclic) bond motifs is 5. The molecule has 25 heavy (non-hydrogen) atoms. The molecule has 0 saturated heterocycles. The fourth-order valence-corrected chi connectivity index (χ4v) is 8.59. The number of carbonyl (C=O) groups is 1. The minimum absolute atomic E-state index is 0.0822. The summed E-state index contributed by atoms with van der Waals surface area (Å²) in [7, 11) is 0. The molecule has 3 saturated carbocycles. The molecule has 0 spiro atoms. The molecule has 4 aliphatic rings. The van der Waals surface area contributed by atoms with Crippen LogP contribution in [0.15, 0.2) is 11.6 Å². The number of hydrogen-bond acceptors (Lipinski definition) is 2. The first kappa shape index (κ1) is 18.0. The highest BCUT2D eigenvalue weighted by Gasteiger charge is 2.66. The van der Waals surface area contributed by atoms with Gasteiger partial charge in [0.25, 0.3) is 0 Å². The summed E-state index contributed by atoms with van der Waals surface area (Å²) >= 11 is 6.96. The van der Waals surface area contributed by atoms with Crippen LogP contribution in [-0.4, -0.2) is 16.0 Å². The molecule has 0 amide bonds. The van der Waals surface area contributed by atoms with Crippen LogP contribution >= 0.6 is 11.6 Å². The molecule has 2 nitrogen and oxygen atoms in total. The topological polar surface area (TPSA) is 37.3 Å². The van der Waals surface area contributed by atoms with Gasteiger partial charge in [0.2, 0.25) is 0 Å². The summed E-state index contributed by atoms with van der Waals surface area (Å²) in [5, 5.41) is 10.4. The molecule has 0 bridgehead atoms. The summed E-state index contributed by atoms with van der Waals surface area (Å²) in [4.78, 5) is 12.0. The average molecular weight is 365 g/mol. The normalized spacial score (nSPS) is 52.4. The molecule has 7 atom stereocenters. The Labute approximate surface area is 157 Å². The van der Waals surface area contributed by atoms with Crippen LogP contribution in [0.2, 0.25) is 0 Å². The summed E-state index contributed by atoms with van der Waals surface area (Å²) in [6.07, 6.45) is 8.68. The Morgan fingerprint density at radius 3 is 2.60 bits per heavy atom. The van der Waals surface area contributed by atoms with E-state index in [9.17, 15) is 9.90 Å². The smallest absolute Gasteiger partial charge is 0.155 e. The van der Waals surface area contributed by atoms with Gasteiger partial charge in [-0.05, 0) is 79.1 Å². The molecule has 0 aromatic heterocycles. The number of halogens is 1. The van der Waals surface area contributed by atoms with Gasteiger partial charge in [-0.25, -0.2) is 0 Å². The predicted octanol–water partition coefficient (Wildman–Crippen LogP) is 5.33. The van der Waals surface area contributed by atoms with Gasteiger partial charge < -0.3 is 5.11 Å². The van der Waals surface area contributed by atoms with Gasteiger partial charge in [-0.2, -0.15) is 0 Å². The van der Waals surface area contributed by atoms with Crippen LogP contribution in [0.1, 0.15) is 72.6 Å². The van der Waals surface area contributed by atoms with Gasteiger partial charge in [-0.3, -0.25) is 4.79 Å². The number of alkyl halides is 1. The number of aliphatic hydroxyl groups is 1. The minimum atomic E-state index is -1.15. The largest absolute Gasteiger partial charge is 0.375 e. The van der Waals surface area contributed by atoms with E-state index < -0.39 is 5.06 Å². The third-order valence-corrected chi connectivity index (χ3v) is 9.10. The quantitative estimate of drug-likeness (QED) is 0.638. The van der Waals surface area contributed by atoms with Gasteiger partial charge >= 0.3 is 0 Å². The van der Waals surface area contributed by atoms with Crippen LogP contribution in [0, 0.1) is 40.4 Å². The molecule has 0 aromatic carbocycles. The highest BCUT2D eigenvalue weighted by Crippen LogP contribution is 2.70. The molecule has 0 radical (unpaired) electrons. The van der Waals surface area contributed by atoms with Crippen molar-refractivity contribution in [2.24, 2.45) is 40.4 Å². The number of ketones is 1. The number of allylic oxidation sites excluding steroid dienone is 1. The van der Waals surface area contributed by atoms with Gasteiger partial charge in [0.15, 0.2) is 5.78 Å². The summed E-state index contributed by atoms with van der Waals surface area (Å²) < 4.78 is 0. The van der Waals surface area contributed by atoms with Crippen LogP contribution in [0.3, 0.4) is 0 Å². The van der Waals surface area contributed by atoms with Crippen molar-refractivity contribution >= 4 is 17.4 Å². The second-order valence-corrected chi connectivity index (χ2v) is 10.9. The molecule has 3 fully saturated rings. The van der Waals surface area contributed by atoms with E-state index in [0.717, 1.165) is 19.3 Å². The minimum Gasteiger partial charge on any atom is -0.375 e. The second kappa shape index (κ2) is 5.58. The summed E-state index contributed by atoms with van der Waals surface area (Å²) in [6, 6.07) is 0. The van der Waals surface area contributed by atoms with E-state index in [4.69, 9.17) is 11.6 Å². The SMILES string of the molecule is CC(C)[C@H]1CC[C@H]2[C@@H]3CCC4=CC(=O)CC[C@]4(C)[C@H]3C(O)(Cl)C[C@]12C. The Kier molecular flexibility index (Phi) is 4.03. The Morgan fingerprint density at radius 1 is 1.20 bits per heavy atom. The van der Waals surface area contributed by atoms with E-state index >= 15 is 0 Å². The fraction of sp³-hybridized carbons (Fsp3) is 0.864. The summed E-state index contributed by atoms with van der Waals surface area (Å²) in [5.74, 6) is 2.78. The zero-order chi connectivity index (χ0) is 18.2. The Bertz CT molecular complexity index is 622. The highest BCUT2D eigenvalue weighted by atomic mass is 35.5. The zero-order valence-corrected chi connectivity index (χ0v) is 16.9. The molecular formula is C22H33ClO2. The van der Waals surface area contributed by atoms with Gasteiger partial charge in [-0.1, -0.05) is 44.9 Å². The van der Waals surface area contributed by atoms with Gasteiger partial charge in [0, 0.05) is 12.3 Å². The van der Waals surface area contributed by atoms with Crippen molar-refractivity contribution in [2.45, 2.75) is 77.7 Å². The molecule has 4 rings (SSSR count). The first-order valence-electron chi connectivity index (χ1n) is 10.2. The van der Waals surface area contributed by atoms with Crippen molar-refractivity contribution in [3.63, 3.8) is 0 Å². The van der Waals surface area contributed by atoms with E-state index in [1.165, 1.54) is 18.4 Å². The third kappa shape index (κ3) is 2.42. The monoisotopic (exact) mass is 364 g/mol. The lowest BCUT2D eigenvalue weighted by Crippen LogP contribution is -2.60. The molecule has 140 valence electrons. The highest BCUT2D eigenvalue weighted by molar-refractivity contribution is 6.23. The van der Waals surface area contributed by atoms with E-state index in [-0.39, 0.29) is 22.5 Å². The van der Waals surface area contributed by atoms with E-state index in [0.29, 0.717) is 36.5 Å². The first-order chi connectivity index (χ1) is 11.6. The Hall–Kier alpha value is -0.340. The van der Waals surface area contributed by atoms with Gasteiger partial charge in [0.1, 0.15) is 5.06 Å². The summed E-state index contributed by atoms with van der Waals surface area (Å²) in [5.41, 5.74) is 1.30. The lowest BCUT2D eigenvalue weighted by molar-refractivity contribution is -0.154. The molecular weight excluding hydrogens is 332 g/mol. The molecule has 4 aliphatic carbocycles. The number of hydrogen-bond donors (Lipinski definition) is 1. The molecule has 3 heteroatoms. The molecule has 0 aromatic rings. The first-order valence-corrected chi connectivity index (χ1v) is 10.6.